The Kier molecular flexibility index (Phi) is 5.27. The molecular formula is C25H32N4O. The van der Waals surface area contributed by atoms with Crippen LogP contribution in [0, 0.1) is 0 Å². The van der Waals surface area contributed by atoms with E-state index >= 15 is 0 Å². The van der Waals surface area contributed by atoms with Crippen molar-refractivity contribution in [2.75, 3.05) is 0 Å². The number of pyridine rings is 1. The zero-order valence-electron chi connectivity index (χ0n) is 18.9. The minimum Gasteiger partial charge on any atom is -0.473 e. The van der Waals surface area contributed by atoms with Gasteiger partial charge in [0.05, 0.1) is 5.69 Å². The predicted molar refractivity (Wildman–Crippen MR) is 122 cm³/mol. The number of piperidine rings is 1. The van der Waals surface area contributed by atoms with Gasteiger partial charge in [-0.05, 0) is 57.2 Å². The summed E-state index contributed by atoms with van der Waals surface area (Å²) in [7, 11) is 0. The van der Waals surface area contributed by atoms with Gasteiger partial charge >= 0.3 is 0 Å². The molecule has 5 heteroatoms. The molecule has 0 aliphatic carbocycles. The average molecular weight is 405 g/mol. The number of hydrogen-bond donors (Lipinski definition) is 1. The Hall–Kier alpha value is -2.53. The van der Waals surface area contributed by atoms with Crippen molar-refractivity contribution in [3.63, 3.8) is 0 Å². The second kappa shape index (κ2) is 7.62. The minimum atomic E-state index is 0.0361. The lowest BCUT2D eigenvalue weighted by Gasteiger charge is -2.46. The number of aromatic nitrogens is 3. The first kappa shape index (κ1) is 20.7. The Morgan fingerprint density at radius 3 is 2.30 bits per heavy atom. The highest BCUT2D eigenvalue weighted by Crippen LogP contribution is 2.31. The molecule has 30 heavy (non-hydrogen) atoms. The highest BCUT2D eigenvalue weighted by atomic mass is 16.5. The van der Waals surface area contributed by atoms with Crippen LogP contribution in [-0.2, 0) is 0 Å². The molecule has 0 unspecified atom stereocenters. The maximum absolute atomic E-state index is 6.20. The van der Waals surface area contributed by atoms with Gasteiger partial charge in [-0.25, -0.2) is 0 Å². The second-order valence-electron chi connectivity index (χ2n) is 10.1. The molecule has 158 valence electrons. The van der Waals surface area contributed by atoms with E-state index in [1.807, 2.05) is 18.3 Å². The summed E-state index contributed by atoms with van der Waals surface area (Å²) in [6.07, 6.45) is 3.95. The number of hydrogen-bond acceptors (Lipinski definition) is 5. The normalized spacial score (nSPS) is 18.6. The van der Waals surface area contributed by atoms with E-state index in [0.29, 0.717) is 11.8 Å². The summed E-state index contributed by atoms with van der Waals surface area (Å²) in [5.41, 5.74) is 3.05. The van der Waals surface area contributed by atoms with Gasteiger partial charge in [-0.15, -0.1) is 10.2 Å². The van der Waals surface area contributed by atoms with E-state index < -0.39 is 0 Å². The molecule has 5 nitrogen and oxygen atoms in total. The van der Waals surface area contributed by atoms with Gasteiger partial charge in [0.15, 0.2) is 0 Å². The molecule has 0 bridgehead atoms. The first-order valence-corrected chi connectivity index (χ1v) is 10.8. The fourth-order valence-corrected chi connectivity index (χ4v) is 4.65. The van der Waals surface area contributed by atoms with Gasteiger partial charge in [0, 0.05) is 52.8 Å². The highest BCUT2D eigenvalue weighted by Gasteiger charge is 2.38. The number of benzene rings is 1. The lowest BCUT2D eigenvalue weighted by Crippen LogP contribution is -2.60. The molecule has 3 heterocycles. The highest BCUT2D eigenvalue weighted by molar-refractivity contribution is 5.86. The van der Waals surface area contributed by atoms with Crippen LogP contribution in [0.4, 0.5) is 0 Å². The van der Waals surface area contributed by atoms with Crippen LogP contribution in [0.15, 0.2) is 42.6 Å². The molecule has 0 spiro atoms. The largest absolute Gasteiger partial charge is 0.473 e. The predicted octanol–water partition coefficient (Wildman–Crippen LogP) is 5.50. The summed E-state index contributed by atoms with van der Waals surface area (Å²) in [5, 5.41) is 14.8. The van der Waals surface area contributed by atoms with Gasteiger partial charge in [-0.3, -0.25) is 4.98 Å². The van der Waals surface area contributed by atoms with E-state index in [9.17, 15) is 0 Å². The van der Waals surface area contributed by atoms with Crippen LogP contribution in [0.5, 0.6) is 5.88 Å². The van der Waals surface area contributed by atoms with Crippen LogP contribution in [0.25, 0.3) is 22.0 Å². The third-order valence-electron chi connectivity index (χ3n) is 5.71. The van der Waals surface area contributed by atoms with Crippen molar-refractivity contribution in [2.24, 2.45) is 0 Å². The summed E-state index contributed by atoms with van der Waals surface area (Å²) in [4.78, 5) is 4.58. The first-order chi connectivity index (χ1) is 14.1. The zero-order valence-corrected chi connectivity index (χ0v) is 18.9. The van der Waals surface area contributed by atoms with Crippen LogP contribution < -0.4 is 10.1 Å². The summed E-state index contributed by atoms with van der Waals surface area (Å²) in [6.45, 7) is 13.2. The lowest BCUT2D eigenvalue weighted by molar-refractivity contribution is 0.0524. The van der Waals surface area contributed by atoms with Crippen LogP contribution >= 0.6 is 0 Å². The number of rotatable bonds is 4. The summed E-state index contributed by atoms with van der Waals surface area (Å²) < 4.78 is 6.20. The molecule has 0 saturated carbocycles. The van der Waals surface area contributed by atoms with Gasteiger partial charge in [-0.2, -0.15) is 0 Å². The maximum atomic E-state index is 6.20. The monoisotopic (exact) mass is 404 g/mol. The summed E-state index contributed by atoms with van der Waals surface area (Å²) >= 11 is 0. The van der Waals surface area contributed by atoms with Gasteiger partial charge in [0.1, 0.15) is 6.10 Å². The molecule has 0 atom stereocenters. The molecule has 0 amide bonds. The summed E-state index contributed by atoms with van der Waals surface area (Å²) in [5.74, 6) is 1.00. The minimum absolute atomic E-state index is 0.0361. The van der Waals surface area contributed by atoms with E-state index in [2.05, 4.69) is 86.3 Å². The molecule has 1 saturated heterocycles. The molecule has 1 fully saturated rings. The molecule has 4 rings (SSSR count). The number of ether oxygens (including phenoxy) is 1. The van der Waals surface area contributed by atoms with E-state index in [1.54, 1.807) is 0 Å². The first-order valence-electron chi connectivity index (χ1n) is 10.8. The Morgan fingerprint density at radius 1 is 0.933 bits per heavy atom. The quantitative estimate of drug-likeness (QED) is 0.622. The van der Waals surface area contributed by atoms with Crippen molar-refractivity contribution in [1.29, 1.82) is 0 Å². The molecule has 1 aliphatic rings. The SMILES string of the molecule is CC(C)c1cc2ccc(-c3ccc(OC4CC(C)(C)NC(C)(C)C4)nn3)cc2cn1. The Bertz CT molecular complexity index is 1020. The molecule has 1 aromatic carbocycles. The van der Waals surface area contributed by atoms with E-state index in [-0.39, 0.29) is 17.2 Å². The molecule has 1 aliphatic heterocycles. The van der Waals surface area contributed by atoms with Crippen molar-refractivity contribution in [2.45, 2.75) is 77.5 Å². The third-order valence-corrected chi connectivity index (χ3v) is 5.71. The Morgan fingerprint density at radius 2 is 1.67 bits per heavy atom. The van der Waals surface area contributed by atoms with Crippen LogP contribution in [0.3, 0.4) is 0 Å². The van der Waals surface area contributed by atoms with Crippen molar-refractivity contribution in [3.05, 3.63) is 48.3 Å². The van der Waals surface area contributed by atoms with Crippen LogP contribution in [0.2, 0.25) is 0 Å². The lowest BCUT2D eigenvalue weighted by atomic mass is 9.81. The van der Waals surface area contributed by atoms with Crippen LogP contribution in [-0.4, -0.2) is 32.4 Å². The molecule has 2 aromatic heterocycles. The van der Waals surface area contributed by atoms with E-state index in [1.165, 1.54) is 5.39 Å². The van der Waals surface area contributed by atoms with Gasteiger partial charge < -0.3 is 10.1 Å². The standard InChI is InChI=1S/C25H32N4O/c1-16(2)22-12-17-7-8-18(11-19(17)15-26-22)21-9-10-23(28-27-21)30-20-13-24(3,4)29-25(5,6)14-20/h7-12,15-16,20,29H,13-14H2,1-6H3. The molecular weight excluding hydrogens is 372 g/mol. The number of nitrogens with one attached hydrogen (secondary N) is 1. The van der Waals surface area contributed by atoms with Gasteiger partial charge in [0.2, 0.25) is 5.88 Å². The molecule has 1 N–H and O–H groups in total. The fraction of sp³-hybridized carbons (Fsp3) is 0.480. The van der Waals surface area contributed by atoms with E-state index in [0.717, 1.165) is 35.2 Å². The van der Waals surface area contributed by atoms with Crippen LogP contribution in [0.1, 0.15) is 66.0 Å². The average Bonchev–Trinajstić information content (AvgIpc) is 2.65. The number of fused-ring (bicyclic) bond motifs is 1. The smallest absolute Gasteiger partial charge is 0.233 e. The topological polar surface area (TPSA) is 59.9 Å². The summed E-state index contributed by atoms with van der Waals surface area (Å²) in [6, 6.07) is 12.4. The number of nitrogens with zero attached hydrogens (tertiary/aromatic N) is 3. The van der Waals surface area contributed by atoms with Crippen molar-refractivity contribution >= 4 is 10.8 Å². The van der Waals surface area contributed by atoms with Gasteiger partial charge in [-0.1, -0.05) is 26.0 Å². The molecule has 0 radical (unpaired) electrons. The fourth-order valence-electron chi connectivity index (χ4n) is 4.65. The van der Waals surface area contributed by atoms with Crippen molar-refractivity contribution in [3.8, 4) is 17.1 Å². The third kappa shape index (κ3) is 4.62. The van der Waals surface area contributed by atoms with Crippen molar-refractivity contribution < 1.29 is 4.74 Å². The van der Waals surface area contributed by atoms with E-state index in [4.69, 9.17) is 4.74 Å². The van der Waals surface area contributed by atoms with Gasteiger partial charge in [0.25, 0.3) is 0 Å². The Balaban J connectivity index is 1.51. The zero-order chi connectivity index (χ0) is 21.5. The van der Waals surface area contributed by atoms with Crippen molar-refractivity contribution in [1.82, 2.24) is 20.5 Å². The maximum Gasteiger partial charge on any atom is 0.233 e. The second-order valence-corrected chi connectivity index (χ2v) is 10.1. The molecule has 3 aromatic rings. The Labute approximate surface area is 179 Å².